The maximum absolute atomic E-state index is 11.5. The Morgan fingerprint density at radius 1 is 1.00 bits per heavy atom. The molecule has 0 atom stereocenters. The molecule has 2 heterocycles. The zero-order chi connectivity index (χ0) is 17.2. The summed E-state index contributed by atoms with van der Waals surface area (Å²) in [6, 6.07) is 7.63. The third kappa shape index (κ3) is 3.04. The molecule has 1 saturated heterocycles. The Morgan fingerprint density at radius 3 is 2.44 bits per heavy atom. The number of hydrogen-bond donors (Lipinski definition) is 0. The first-order valence-electron chi connectivity index (χ1n) is 8.77. The van der Waals surface area contributed by atoms with Gasteiger partial charge in [0.15, 0.2) is 0 Å². The van der Waals surface area contributed by atoms with Crippen molar-refractivity contribution < 1.29 is 9.53 Å². The Balaban J connectivity index is 1.43. The van der Waals surface area contributed by atoms with Gasteiger partial charge in [0.05, 0.1) is 12.7 Å². The van der Waals surface area contributed by atoms with Gasteiger partial charge in [-0.15, -0.1) is 0 Å². The van der Waals surface area contributed by atoms with Gasteiger partial charge in [0.1, 0.15) is 12.1 Å². The Kier molecular flexibility index (Phi) is 4.26. The third-order valence-electron chi connectivity index (χ3n) is 5.08. The number of anilines is 2. The number of esters is 1. The minimum atomic E-state index is -0.297. The Bertz CT molecular complexity index is 767. The van der Waals surface area contributed by atoms with Gasteiger partial charge in [0.2, 0.25) is 0 Å². The van der Waals surface area contributed by atoms with Crippen LogP contribution in [0.15, 0.2) is 30.6 Å². The predicted octanol–water partition coefficient (Wildman–Crippen LogP) is 2.08. The monoisotopic (exact) mass is 338 g/mol. The van der Waals surface area contributed by atoms with Crippen molar-refractivity contribution in [2.24, 2.45) is 0 Å². The number of carbonyl (C=O) groups excluding carboxylic acids is 1. The summed E-state index contributed by atoms with van der Waals surface area (Å²) in [7, 11) is 1.40. The first kappa shape index (κ1) is 15.9. The third-order valence-corrected chi connectivity index (χ3v) is 5.08. The second-order valence-electron chi connectivity index (χ2n) is 6.49. The van der Waals surface area contributed by atoms with Gasteiger partial charge in [-0.25, -0.2) is 14.8 Å². The lowest BCUT2D eigenvalue weighted by molar-refractivity contribution is 0.0601. The normalized spacial score (nSPS) is 16.7. The lowest BCUT2D eigenvalue weighted by Gasteiger charge is -2.37. The van der Waals surface area contributed by atoms with Crippen LogP contribution in [0.4, 0.5) is 11.5 Å². The molecule has 130 valence electrons. The molecule has 1 aromatic heterocycles. The molecule has 2 aliphatic rings. The molecule has 0 N–H and O–H groups in total. The van der Waals surface area contributed by atoms with Crippen molar-refractivity contribution in [2.75, 3.05) is 43.1 Å². The van der Waals surface area contributed by atoms with Crippen molar-refractivity contribution in [3.05, 3.63) is 47.4 Å². The molecule has 0 radical (unpaired) electrons. The van der Waals surface area contributed by atoms with E-state index in [0.29, 0.717) is 5.56 Å². The number of benzene rings is 1. The van der Waals surface area contributed by atoms with E-state index >= 15 is 0 Å². The molecule has 25 heavy (non-hydrogen) atoms. The molecule has 6 heteroatoms. The molecule has 0 saturated carbocycles. The van der Waals surface area contributed by atoms with E-state index in [1.165, 1.54) is 24.8 Å². The van der Waals surface area contributed by atoms with E-state index in [1.807, 2.05) is 24.3 Å². The Hall–Kier alpha value is -2.63. The SMILES string of the molecule is COC(=O)c1ccc(N2CCN(c3ncnc4c3CCC4)CC2)cc1. The smallest absolute Gasteiger partial charge is 0.337 e. The molecular formula is C19H22N4O2. The van der Waals surface area contributed by atoms with Crippen LogP contribution in [-0.4, -0.2) is 49.2 Å². The first-order valence-corrected chi connectivity index (χ1v) is 8.77. The zero-order valence-corrected chi connectivity index (χ0v) is 14.4. The summed E-state index contributed by atoms with van der Waals surface area (Å²) in [6.07, 6.45) is 5.07. The van der Waals surface area contributed by atoms with Crippen molar-refractivity contribution >= 4 is 17.5 Å². The number of ether oxygens (including phenoxy) is 1. The van der Waals surface area contributed by atoms with Crippen LogP contribution in [0.3, 0.4) is 0 Å². The Labute approximate surface area is 147 Å². The molecule has 1 fully saturated rings. The number of hydrogen-bond acceptors (Lipinski definition) is 6. The maximum atomic E-state index is 11.5. The number of fused-ring (bicyclic) bond motifs is 1. The summed E-state index contributed by atoms with van der Waals surface area (Å²) in [5.41, 5.74) is 4.30. The summed E-state index contributed by atoms with van der Waals surface area (Å²) >= 11 is 0. The highest BCUT2D eigenvalue weighted by molar-refractivity contribution is 5.89. The van der Waals surface area contributed by atoms with Crippen LogP contribution < -0.4 is 9.80 Å². The summed E-state index contributed by atoms with van der Waals surface area (Å²) < 4.78 is 4.75. The minimum Gasteiger partial charge on any atom is -0.465 e. The molecular weight excluding hydrogens is 316 g/mol. The number of nitrogens with zero attached hydrogens (tertiary/aromatic N) is 4. The van der Waals surface area contributed by atoms with Gasteiger partial charge in [0.25, 0.3) is 0 Å². The van der Waals surface area contributed by atoms with Gasteiger partial charge in [-0.1, -0.05) is 0 Å². The lowest BCUT2D eigenvalue weighted by atomic mass is 10.1. The molecule has 0 spiro atoms. The van der Waals surface area contributed by atoms with E-state index in [4.69, 9.17) is 4.74 Å². The topological polar surface area (TPSA) is 58.6 Å². The molecule has 1 aromatic carbocycles. The van der Waals surface area contributed by atoms with Crippen LogP contribution >= 0.6 is 0 Å². The first-order chi connectivity index (χ1) is 12.3. The zero-order valence-electron chi connectivity index (χ0n) is 14.4. The Morgan fingerprint density at radius 2 is 1.72 bits per heavy atom. The fourth-order valence-corrected chi connectivity index (χ4v) is 3.72. The maximum Gasteiger partial charge on any atom is 0.337 e. The summed E-state index contributed by atoms with van der Waals surface area (Å²) in [5.74, 6) is 0.831. The number of carbonyl (C=O) groups is 1. The fraction of sp³-hybridized carbons (Fsp3) is 0.421. The van der Waals surface area contributed by atoms with E-state index in [0.717, 1.165) is 50.5 Å². The largest absolute Gasteiger partial charge is 0.465 e. The van der Waals surface area contributed by atoms with Gasteiger partial charge in [0, 0.05) is 43.1 Å². The second kappa shape index (κ2) is 6.70. The quantitative estimate of drug-likeness (QED) is 0.799. The van der Waals surface area contributed by atoms with E-state index in [9.17, 15) is 4.79 Å². The molecule has 6 nitrogen and oxygen atoms in total. The van der Waals surface area contributed by atoms with Crippen molar-refractivity contribution in [1.82, 2.24) is 9.97 Å². The van der Waals surface area contributed by atoms with Crippen LogP contribution in [0.1, 0.15) is 28.0 Å². The average molecular weight is 338 g/mol. The van der Waals surface area contributed by atoms with Crippen molar-refractivity contribution in [3.63, 3.8) is 0 Å². The number of aromatic nitrogens is 2. The van der Waals surface area contributed by atoms with Gasteiger partial charge >= 0.3 is 5.97 Å². The van der Waals surface area contributed by atoms with Gasteiger partial charge in [-0.2, -0.15) is 0 Å². The average Bonchev–Trinajstić information content (AvgIpc) is 3.16. The molecule has 0 bridgehead atoms. The van der Waals surface area contributed by atoms with Crippen molar-refractivity contribution in [2.45, 2.75) is 19.3 Å². The molecule has 4 rings (SSSR count). The number of methoxy groups -OCH3 is 1. The van der Waals surface area contributed by atoms with E-state index in [2.05, 4.69) is 19.8 Å². The molecule has 1 aliphatic carbocycles. The molecule has 0 amide bonds. The summed E-state index contributed by atoms with van der Waals surface area (Å²) in [5, 5.41) is 0. The number of aryl methyl sites for hydroxylation is 1. The number of rotatable bonds is 3. The van der Waals surface area contributed by atoms with Crippen molar-refractivity contribution in [1.29, 1.82) is 0 Å². The summed E-state index contributed by atoms with van der Waals surface area (Å²) in [6.45, 7) is 3.77. The summed E-state index contributed by atoms with van der Waals surface area (Å²) in [4.78, 5) is 25.2. The molecule has 2 aromatic rings. The lowest BCUT2D eigenvalue weighted by Crippen LogP contribution is -2.47. The highest BCUT2D eigenvalue weighted by Crippen LogP contribution is 2.29. The van der Waals surface area contributed by atoms with Crippen LogP contribution in [0.25, 0.3) is 0 Å². The molecule has 0 unspecified atom stereocenters. The van der Waals surface area contributed by atoms with Crippen LogP contribution in [-0.2, 0) is 17.6 Å². The van der Waals surface area contributed by atoms with Gasteiger partial charge in [-0.3, -0.25) is 0 Å². The van der Waals surface area contributed by atoms with E-state index < -0.39 is 0 Å². The minimum absolute atomic E-state index is 0.297. The highest BCUT2D eigenvalue weighted by atomic mass is 16.5. The van der Waals surface area contributed by atoms with Crippen molar-refractivity contribution in [3.8, 4) is 0 Å². The van der Waals surface area contributed by atoms with Crippen LogP contribution in [0.2, 0.25) is 0 Å². The van der Waals surface area contributed by atoms with E-state index in [1.54, 1.807) is 6.33 Å². The van der Waals surface area contributed by atoms with Crippen LogP contribution in [0, 0.1) is 0 Å². The van der Waals surface area contributed by atoms with Gasteiger partial charge < -0.3 is 14.5 Å². The fourth-order valence-electron chi connectivity index (χ4n) is 3.72. The molecule has 1 aliphatic heterocycles. The standard InChI is InChI=1S/C19H22N4O2/c1-25-19(24)14-5-7-15(8-6-14)22-9-11-23(12-10-22)18-16-3-2-4-17(16)20-13-21-18/h5-8,13H,2-4,9-12H2,1H3. The van der Waals surface area contributed by atoms with E-state index in [-0.39, 0.29) is 5.97 Å². The van der Waals surface area contributed by atoms with Crippen LogP contribution in [0.5, 0.6) is 0 Å². The number of piperazine rings is 1. The van der Waals surface area contributed by atoms with Gasteiger partial charge in [-0.05, 0) is 43.5 Å². The predicted molar refractivity (Wildman–Crippen MR) is 96.3 cm³/mol. The second-order valence-corrected chi connectivity index (χ2v) is 6.49. The highest BCUT2D eigenvalue weighted by Gasteiger charge is 2.24.